The van der Waals surface area contributed by atoms with E-state index in [-0.39, 0.29) is 5.69 Å². The highest BCUT2D eigenvalue weighted by molar-refractivity contribution is 5.45. The smallest absolute Gasteiger partial charge is 0.350 e. The van der Waals surface area contributed by atoms with E-state index in [9.17, 15) is 4.79 Å². The lowest BCUT2D eigenvalue weighted by molar-refractivity contribution is 0.411. The number of hydrogen-bond acceptors (Lipinski definition) is 4. The van der Waals surface area contributed by atoms with E-state index in [1.165, 1.54) is 4.68 Å². The Morgan fingerprint density at radius 2 is 2.22 bits per heavy atom. The van der Waals surface area contributed by atoms with Crippen LogP contribution >= 0.6 is 0 Å². The number of rotatable bonds is 2. The molecule has 0 aliphatic carbocycles. The third kappa shape index (κ3) is 1.62. The van der Waals surface area contributed by atoms with Crippen molar-refractivity contribution in [1.29, 1.82) is 0 Å². The number of nitrogens with zero attached hydrogens (tertiary/aromatic N) is 3. The molecule has 0 spiro atoms. The van der Waals surface area contributed by atoms with Gasteiger partial charge in [-0.25, -0.2) is 4.79 Å². The number of methoxy groups -OCH3 is 1. The lowest BCUT2D eigenvalue weighted by atomic mass is 10.3. The molecule has 2 aromatic rings. The first kappa shape index (κ1) is 11.0. The second-order valence-electron chi connectivity index (χ2n) is 4.11. The van der Waals surface area contributed by atoms with Crippen LogP contribution in [0, 0.1) is 0 Å². The second kappa shape index (κ2) is 4.30. The Balaban J connectivity index is 2.18. The van der Waals surface area contributed by atoms with Crippen LogP contribution in [0.3, 0.4) is 0 Å². The van der Waals surface area contributed by atoms with Crippen molar-refractivity contribution < 1.29 is 4.74 Å². The van der Waals surface area contributed by atoms with Gasteiger partial charge in [-0.15, -0.1) is 5.10 Å². The molecule has 18 heavy (non-hydrogen) atoms. The Morgan fingerprint density at radius 3 is 3.00 bits per heavy atom. The molecule has 3 rings (SSSR count). The first-order chi connectivity index (χ1) is 8.81. The number of hydrogen-bond donors (Lipinski definition) is 1. The average molecular weight is 246 g/mol. The van der Waals surface area contributed by atoms with Gasteiger partial charge in [0.15, 0.2) is 0 Å². The average Bonchev–Trinajstić information content (AvgIpc) is 2.76. The fourth-order valence-electron chi connectivity index (χ4n) is 2.15. The van der Waals surface area contributed by atoms with Gasteiger partial charge in [0.25, 0.3) is 0 Å². The fraction of sp³-hybridized carbons (Fsp3) is 0.333. The number of para-hydroxylation sites is 2. The van der Waals surface area contributed by atoms with Crippen molar-refractivity contribution in [2.45, 2.75) is 13.1 Å². The number of aromatic nitrogens is 3. The molecule has 1 aliphatic rings. The molecule has 2 heterocycles. The minimum absolute atomic E-state index is 0.115. The van der Waals surface area contributed by atoms with Gasteiger partial charge in [0.1, 0.15) is 17.3 Å². The zero-order chi connectivity index (χ0) is 12.5. The van der Waals surface area contributed by atoms with Crippen LogP contribution in [0.15, 0.2) is 29.1 Å². The van der Waals surface area contributed by atoms with E-state index >= 15 is 0 Å². The Hall–Kier alpha value is -2.08. The third-order valence-electron chi connectivity index (χ3n) is 3.05. The summed E-state index contributed by atoms with van der Waals surface area (Å²) in [5, 5.41) is 7.55. The molecule has 0 unspecified atom stereocenters. The van der Waals surface area contributed by atoms with Crippen LogP contribution in [0.25, 0.3) is 5.69 Å². The van der Waals surface area contributed by atoms with E-state index in [1.54, 1.807) is 11.7 Å². The highest BCUT2D eigenvalue weighted by atomic mass is 16.5. The van der Waals surface area contributed by atoms with Gasteiger partial charge in [-0.1, -0.05) is 12.1 Å². The molecule has 0 bridgehead atoms. The van der Waals surface area contributed by atoms with Crippen molar-refractivity contribution in [1.82, 2.24) is 19.7 Å². The van der Waals surface area contributed by atoms with E-state index in [2.05, 4.69) is 10.4 Å². The van der Waals surface area contributed by atoms with Crippen molar-refractivity contribution in [2.24, 2.45) is 0 Å². The van der Waals surface area contributed by atoms with Crippen LogP contribution < -0.4 is 15.7 Å². The van der Waals surface area contributed by atoms with Crippen molar-refractivity contribution in [2.75, 3.05) is 13.7 Å². The van der Waals surface area contributed by atoms with E-state index < -0.39 is 0 Å². The van der Waals surface area contributed by atoms with Gasteiger partial charge in [-0.05, 0) is 12.1 Å². The summed E-state index contributed by atoms with van der Waals surface area (Å²) in [6.45, 7) is 2.07. The molecule has 0 radical (unpaired) electrons. The van der Waals surface area contributed by atoms with Crippen molar-refractivity contribution in [3.63, 3.8) is 0 Å². The number of ether oxygens (including phenoxy) is 1. The molecular formula is C12H14N4O2. The minimum atomic E-state index is -0.115. The number of fused-ring (bicyclic) bond motifs is 1. The van der Waals surface area contributed by atoms with E-state index in [1.807, 2.05) is 24.3 Å². The molecular weight excluding hydrogens is 232 g/mol. The molecule has 1 aliphatic heterocycles. The quantitative estimate of drug-likeness (QED) is 0.819. The highest BCUT2D eigenvalue weighted by Gasteiger charge is 2.18. The Morgan fingerprint density at radius 1 is 1.39 bits per heavy atom. The van der Waals surface area contributed by atoms with Crippen LogP contribution in [0.4, 0.5) is 0 Å². The van der Waals surface area contributed by atoms with Crippen molar-refractivity contribution in [3.05, 3.63) is 40.6 Å². The summed E-state index contributed by atoms with van der Waals surface area (Å²) in [4.78, 5) is 12.3. The van der Waals surface area contributed by atoms with Crippen LogP contribution in [-0.4, -0.2) is 28.0 Å². The molecule has 6 heteroatoms. The monoisotopic (exact) mass is 246 g/mol. The highest BCUT2D eigenvalue weighted by Crippen LogP contribution is 2.20. The summed E-state index contributed by atoms with van der Waals surface area (Å²) in [7, 11) is 1.58. The minimum Gasteiger partial charge on any atom is -0.494 e. The lowest BCUT2D eigenvalue weighted by Crippen LogP contribution is -2.34. The molecule has 0 amide bonds. The number of nitrogens with one attached hydrogen (secondary N) is 1. The van der Waals surface area contributed by atoms with Crippen molar-refractivity contribution in [3.8, 4) is 11.4 Å². The first-order valence-corrected chi connectivity index (χ1v) is 5.84. The maximum Gasteiger partial charge on any atom is 0.350 e. The van der Waals surface area contributed by atoms with Gasteiger partial charge in [-0.2, -0.15) is 4.68 Å². The standard InChI is InChI=1S/C12H14N4O2/c1-18-10-5-3-2-4-9(10)16-12(17)15-7-6-13-8-11(15)14-16/h2-5,13H,6-8H2,1H3. The largest absolute Gasteiger partial charge is 0.494 e. The van der Waals surface area contributed by atoms with Crippen LogP contribution in [0.2, 0.25) is 0 Å². The maximum atomic E-state index is 12.3. The van der Waals surface area contributed by atoms with Gasteiger partial charge in [-0.3, -0.25) is 4.57 Å². The maximum absolute atomic E-state index is 12.3. The fourth-order valence-corrected chi connectivity index (χ4v) is 2.15. The summed E-state index contributed by atoms with van der Waals surface area (Å²) in [5.74, 6) is 1.40. The first-order valence-electron chi connectivity index (χ1n) is 5.84. The van der Waals surface area contributed by atoms with Gasteiger partial charge in [0.05, 0.1) is 13.7 Å². The molecule has 0 fully saturated rings. The van der Waals surface area contributed by atoms with Gasteiger partial charge >= 0.3 is 5.69 Å². The topological polar surface area (TPSA) is 61.1 Å². The summed E-state index contributed by atoms with van der Waals surface area (Å²) < 4.78 is 8.36. The van der Waals surface area contributed by atoms with E-state index in [0.717, 1.165) is 12.4 Å². The molecule has 0 saturated heterocycles. The molecule has 1 N–H and O–H groups in total. The summed E-state index contributed by atoms with van der Waals surface area (Å²) in [6.07, 6.45) is 0. The SMILES string of the molecule is COc1ccccc1-n1nc2n(c1=O)CCNC2. The van der Waals surface area contributed by atoms with Crippen molar-refractivity contribution >= 4 is 0 Å². The predicted molar refractivity (Wildman–Crippen MR) is 66.1 cm³/mol. The number of benzene rings is 1. The van der Waals surface area contributed by atoms with Gasteiger partial charge in [0.2, 0.25) is 0 Å². The van der Waals surface area contributed by atoms with E-state index in [0.29, 0.717) is 24.5 Å². The molecule has 0 saturated carbocycles. The van der Waals surface area contributed by atoms with Crippen LogP contribution in [-0.2, 0) is 13.1 Å². The molecule has 94 valence electrons. The Kier molecular flexibility index (Phi) is 2.64. The Bertz CT molecular complexity index is 629. The zero-order valence-electron chi connectivity index (χ0n) is 10.1. The summed E-state index contributed by atoms with van der Waals surface area (Å²) in [5.41, 5.74) is 0.558. The predicted octanol–water partition coefficient (Wildman–Crippen LogP) is 0.146. The molecule has 6 nitrogen and oxygen atoms in total. The van der Waals surface area contributed by atoms with Gasteiger partial charge in [0, 0.05) is 13.1 Å². The van der Waals surface area contributed by atoms with E-state index in [4.69, 9.17) is 4.74 Å². The molecule has 1 aromatic heterocycles. The van der Waals surface area contributed by atoms with Gasteiger partial charge < -0.3 is 10.1 Å². The summed E-state index contributed by atoms with van der Waals surface area (Å²) >= 11 is 0. The third-order valence-corrected chi connectivity index (χ3v) is 3.05. The summed E-state index contributed by atoms with van der Waals surface area (Å²) in [6, 6.07) is 7.37. The lowest BCUT2D eigenvalue weighted by Gasteiger charge is -2.11. The molecule has 0 atom stereocenters. The Labute approximate surface area is 104 Å². The zero-order valence-corrected chi connectivity index (χ0v) is 10.1. The second-order valence-corrected chi connectivity index (χ2v) is 4.11. The normalized spacial score (nSPS) is 14.3. The van der Waals surface area contributed by atoms with Crippen LogP contribution in [0.5, 0.6) is 5.75 Å². The van der Waals surface area contributed by atoms with Crippen LogP contribution in [0.1, 0.15) is 5.82 Å². The molecule has 1 aromatic carbocycles.